The van der Waals surface area contributed by atoms with Gasteiger partial charge >= 0.3 is 7.60 Å². The van der Waals surface area contributed by atoms with Crippen LogP contribution in [0.4, 0.5) is 0 Å². The summed E-state index contributed by atoms with van der Waals surface area (Å²) in [5.74, 6) is 0.318. The molecule has 3 aromatic rings. The molecular formula is C25H33N2O5P. The Bertz CT molecular complexity index is 1120. The van der Waals surface area contributed by atoms with Crippen LogP contribution in [0.2, 0.25) is 0 Å². The average molecular weight is 473 g/mol. The fraction of sp³-hybridized carbons (Fsp3) is 0.400. The number of primary amides is 1. The summed E-state index contributed by atoms with van der Waals surface area (Å²) >= 11 is 0. The fourth-order valence-corrected chi connectivity index (χ4v) is 5.63. The van der Waals surface area contributed by atoms with Crippen LogP contribution in [0.1, 0.15) is 37.1 Å². The second kappa shape index (κ2) is 11.5. The van der Waals surface area contributed by atoms with Crippen LogP contribution in [-0.4, -0.2) is 36.5 Å². The lowest BCUT2D eigenvalue weighted by Gasteiger charge is -2.16. The zero-order valence-electron chi connectivity index (χ0n) is 19.6. The zero-order chi connectivity index (χ0) is 23.8. The van der Waals surface area contributed by atoms with Gasteiger partial charge in [-0.05, 0) is 56.5 Å². The molecule has 0 atom stereocenters. The van der Waals surface area contributed by atoms with Crippen molar-refractivity contribution in [1.82, 2.24) is 4.57 Å². The van der Waals surface area contributed by atoms with Crippen molar-refractivity contribution in [3.05, 3.63) is 65.4 Å². The van der Waals surface area contributed by atoms with Gasteiger partial charge in [-0.15, -0.1) is 0 Å². The zero-order valence-corrected chi connectivity index (χ0v) is 20.5. The molecule has 0 saturated heterocycles. The molecule has 1 heterocycles. The number of rotatable bonds is 13. The number of hydrogen-bond acceptors (Lipinski definition) is 5. The van der Waals surface area contributed by atoms with Crippen LogP contribution in [0.3, 0.4) is 0 Å². The molecule has 33 heavy (non-hydrogen) atoms. The highest BCUT2D eigenvalue weighted by atomic mass is 31.2. The van der Waals surface area contributed by atoms with Crippen LogP contribution in [-0.2, 0) is 31.4 Å². The van der Waals surface area contributed by atoms with E-state index in [9.17, 15) is 9.36 Å². The van der Waals surface area contributed by atoms with Crippen LogP contribution in [0, 0.1) is 6.92 Å². The molecule has 0 fully saturated rings. The van der Waals surface area contributed by atoms with Crippen LogP contribution < -0.4 is 10.5 Å². The number of carbonyl (C=O) groups excluding carboxylic acids is 1. The molecule has 0 unspecified atom stereocenters. The summed E-state index contributed by atoms with van der Waals surface area (Å²) in [5.41, 5.74) is 9.67. The minimum absolute atomic E-state index is 0.166. The quantitative estimate of drug-likeness (QED) is 0.277. The van der Waals surface area contributed by atoms with E-state index in [2.05, 4.69) is 16.7 Å². The highest BCUT2D eigenvalue weighted by molar-refractivity contribution is 7.53. The lowest BCUT2D eigenvalue weighted by molar-refractivity contribution is -0.117. The maximum absolute atomic E-state index is 12.6. The van der Waals surface area contributed by atoms with Crippen LogP contribution in [0.25, 0.3) is 10.9 Å². The third-order valence-corrected chi connectivity index (χ3v) is 7.62. The Balaban J connectivity index is 1.79. The van der Waals surface area contributed by atoms with Gasteiger partial charge in [0, 0.05) is 23.1 Å². The summed E-state index contributed by atoms with van der Waals surface area (Å²) < 4.78 is 31.4. The van der Waals surface area contributed by atoms with Crippen LogP contribution >= 0.6 is 7.60 Å². The molecule has 2 aromatic carbocycles. The minimum atomic E-state index is -3.07. The molecule has 0 aliphatic heterocycles. The highest BCUT2D eigenvalue weighted by Crippen LogP contribution is 2.48. The number of fused-ring (bicyclic) bond motifs is 1. The molecule has 2 N–H and O–H groups in total. The standard InChI is InChI=1S/C25H33N2O5P/c1-4-31-33(29,32-5-2)15-9-14-30-21-12-13-24-23(16-21)22(17-25(26)28)19(3)27(24)18-20-10-7-6-8-11-20/h6-8,10-13,16H,4-5,9,14-15,17-18H2,1-3H3,(H2,26,28). The van der Waals surface area contributed by atoms with Crippen molar-refractivity contribution in [1.29, 1.82) is 0 Å². The van der Waals surface area contributed by atoms with E-state index in [1.165, 1.54) is 5.56 Å². The van der Waals surface area contributed by atoms with E-state index in [1.807, 2.05) is 43.3 Å². The van der Waals surface area contributed by atoms with Crippen LogP contribution in [0.5, 0.6) is 5.75 Å². The second-order valence-electron chi connectivity index (χ2n) is 7.83. The van der Waals surface area contributed by atoms with Gasteiger partial charge in [0.1, 0.15) is 5.75 Å². The van der Waals surface area contributed by atoms with E-state index in [0.717, 1.165) is 22.2 Å². The average Bonchev–Trinajstić information content (AvgIpc) is 3.03. The molecule has 178 valence electrons. The molecule has 7 nitrogen and oxygen atoms in total. The number of nitrogens with zero attached hydrogens (tertiary/aromatic N) is 1. The summed E-state index contributed by atoms with van der Waals surface area (Å²) in [6.45, 7) is 7.38. The van der Waals surface area contributed by atoms with Crippen molar-refractivity contribution in [2.45, 2.75) is 40.2 Å². The molecule has 0 radical (unpaired) electrons. The van der Waals surface area contributed by atoms with E-state index in [4.69, 9.17) is 19.5 Å². The topological polar surface area (TPSA) is 92.8 Å². The Kier molecular flexibility index (Phi) is 8.73. The summed E-state index contributed by atoms with van der Waals surface area (Å²) in [4.78, 5) is 11.8. The Morgan fingerprint density at radius 2 is 1.76 bits per heavy atom. The number of hydrogen-bond donors (Lipinski definition) is 1. The Morgan fingerprint density at radius 1 is 1.06 bits per heavy atom. The number of nitrogens with two attached hydrogens (primary N) is 1. The molecule has 0 aliphatic carbocycles. The van der Waals surface area contributed by atoms with Crippen molar-refractivity contribution in [2.24, 2.45) is 5.73 Å². The maximum Gasteiger partial charge on any atom is 0.330 e. The molecule has 0 spiro atoms. The van der Waals surface area contributed by atoms with Crippen molar-refractivity contribution in [3.8, 4) is 5.75 Å². The monoisotopic (exact) mass is 472 g/mol. The summed E-state index contributed by atoms with van der Waals surface area (Å²) in [5, 5.41) is 0.953. The molecule has 1 aromatic heterocycles. The first-order valence-electron chi connectivity index (χ1n) is 11.3. The van der Waals surface area contributed by atoms with Crippen molar-refractivity contribution >= 4 is 24.4 Å². The van der Waals surface area contributed by atoms with E-state index in [0.29, 0.717) is 44.7 Å². The van der Waals surface area contributed by atoms with Crippen LogP contribution in [0.15, 0.2) is 48.5 Å². The van der Waals surface area contributed by atoms with Gasteiger partial charge < -0.3 is 24.1 Å². The first-order chi connectivity index (χ1) is 15.9. The number of amides is 1. The largest absolute Gasteiger partial charge is 0.494 e. The normalized spacial score (nSPS) is 11.7. The Labute approximate surface area is 195 Å². The molecule has 1 amide bonds. The van der Waals surface area contributed by atoms with Gasteiger partial charge in [0.05, 0.1) is 32.4 Å². The second-order valence-corrected chi connectivity index (χ2v) is 10.0. The molecule has 8 heteroatoms. The lowest BCUT2D eigenvalue weighted by atomic mass is 10.1. The first-order valence-corrected chi connectivity index (χ1v) is 13.0. The SMILES string of the molecule is CCOP(=O)(CCCOc1ccc2c(c1)c(CC(N)=O)c(C)n2Cc1ccccc1)OCC. The van der Waals surface area contributed by atoms with E-state index < -0.39 is 7.60 Å². The molecule has 0 aliphatic rings. The number of carbonyl (C=O) groups is 1. The van der Waals surface area contributed by atoms with E-state index in [-0.39, 0.29) is 12.3 Å². The van der Waals surface area contributed by atoms with E-state index in [1.54, 1.807) is 13.8 Å². The van der Waals surface area contributed by atoms with Gasteiger partial charge in [-0.2, -0.15) is 0 Å². The van der Waals surface area contributed by atoms with Crippen molar-refractivity contribution in [2.75, 3.05) is 26.0 Å². The molecule has 0 saturated carbocycles. The molecular weight excluding hydrogens is 439 g/mol. The van der Waals surface area contributed by atoms with Gasteiger partial charge in [-0.3, -0.25) is 9.36 Å². The first kappa shape index (κ1) is 25.0. The fourth-order valence-electron chi connectivity index (χ4n) is 4.00. The maximum atomic E-state index is 12.6. The molecule has 0 bridgehead atoms. The Morgan fingerprint density at radius 3 is 2.39 bits per heavy atom. The lowest BCUT2D eigenvalue weighted by Crippen LogP contribution is -2.14. The number of aromatic nitrogens is 1. The van der Waals surface area contributed by atoms with E-state index >= 15 is 0 Å². The van der Waals surface area contributed by atoms with Gasteiger partial charge in [0.2, 0.25) is 5.91 Å². The predicted octanol–water partition coefficient (Wildman–Crippen LogP) is 5.06. The van der Waals surface area contributed by atoms with Crippen molar-refractivity contribution in [3.63, 3.8) is 0 Å². The summed E-state index contributed by atoms with van der Waals surface area (Å²) in [6, 6.07) is 16.1. The van der Waals surface area contributed by atoms with Gasteiger partial charge in [0.25, 0.3) is 0 Å². The van der Waals surface area contributed by atoms with Gasteiger partial charge in [0.15, 0.2) is 0 Å². The third kappa shape index (κ3) is 6.47. The van der Waals surface area contributed by atoms with Gasteiger partial charge in [-0.1, -0.05) is 30.3 Å². The molecule has 3 rings (SSSR count). The Hall–Kier alpha value is -2.60. The number of benzene rings is 2. The summed E-state index contributed by atoms with van der Waals surface area (Å²) in [7, 11) is -3.07. The van der Waals surface area contributed by atoms with Crippen molar-refractivity contribution < 1.29 is 23.1 Å². The minimum Gasteiger partial charge on any atom is -0.494 e. The van der Waals surface area contributed by atoms with Gasteiger partial charge in [-0.25, -0.2) is 0 Å². The highest BCUT2D eigenvalue weighted by Gasteiger charge is 2.23. The smallest absolute Gasteiger partial charge is 0.330 e. The number of ether oxygens (including phenoxy) is 1. The third-order valence-electron chi connectivity index (χ3n) is 5.46. The predicted molar refractivity (Wildman–Crippen MR) is 131 cm³/mol. The summed E-state index contributed by atoms with van der Waals surface area (Å²) in [6.07, 6.45) is 1.01.